The quantitative estimate of drug-likeness (QED) is 0.592. The third-order valence-corrected chi connectivity index (χ3v) is 4.47. The summed E-state index contributed by atoms with van der Waals surface area (Å²) in [5, 5.41) is 0. The van der Waals surface area contributed by atoms with E-state index < -0.39 is 18.2 Å². The van der Waals surface area contributed by atoms with Crippen molar-refractivity contribution in [2.45, 2.75) is 25.6 Å². The zero-order chi connectivity index (χ0) is 21.9. The van der Waals surface area contributed by atoms with Gasteiger partial charge in [-0.3, -0.25) is 4.79 Å². The van der Waals surface area contributed by atoms with Gasteiger partial charge >= 0.3 is 12.1 Å². The molecule has 0 unspecified atom stereocenters. The van der Waals surface area contributed by atoms with Crippen molar-refractivity contribution >= 4 is 18.0 Å². The number of rotatable bonds is 9. The molecule has 0 aliphatic rings. The van der Waals surface area contributed by atoms with Gasteiger partial charge in [0.2, 0.25) is 12.0 Å². The summed E-state index contributed by atoms with van der Waals surface area (Å²) < 4.78 is 10.8. The molecule has 2 aromatic carbocycles. The van der Waals surface area contributed by atoms with Crippen LogP contribution < -0.4 is 0 Å². The lowest BCUT2D eigenvalue weighted by atomic mass is 10.1. The molecular weight excluding hydrogens is 384 g/mol. The van der Waals surface area contributed by atoms with Gasteiger partial charge in [-0.15, -0.1) is 0 Å². The van der Waals surface area contributed by atoms with E-state index in [1.807, 2.05) is 60.7 Å². The van der Waals surface area contributed by atoms with Crippen LogP contribution in [0.1, 0.15) is 17.5 Å². The highest BCUT2D eigenvalue weighted by atomic mass is 16.6. The minimum atomic E-state index is -1.09. The van der Waals surface area contributed by atoms with E-state index in [-0.39, 0.29) is 31.9 Å². The van der Waals surface area contributed by atoms with Gasteiger partial charge in [0.25, 0.3) is 0 Å². The van der Waals surface area contributed by atoms with Crippen LogP contribution in [-0.2, 0) is 32.1 Å². The monoisotopic (exact) mass is 412 g/mol. The Bertz CT molecular complexity index is 824. The Morgan fingerprint density at radius 1 is 0.867 bits per heavy atom. The summed E-state index contributed by atoms with van der Waals surface area (Å²) in [7, 11) is 4.83. The van der Waals surface area contributed by atoms with E-state index in [1.54, 1.807) is 14.1 Å². The zero-order valence-electron chi connectivity index (χ0n) is 17.6. The third-order valence-electron chi connectivity index (χ3n) is 4.47. The van der Waals surface area contributed by atoms with Crippen molar-refractivity contribution < 1.29 is 23.9 Å². The molecule has 0 bridgehead atoms. The number of hydrogen-bond acceptors (Lipinski definition) is 5. The summed E-state index contributed by atoms with van der Waals surface area (Å²) >= 11 is 0. The average Bonchev–Trinajstić information content (AvgIpc) is 2.76. The maximum atomic E-state index is 12.7. The highest BCUT2D eigenvalue weighted by molar-refractivity contribution is 5.80. The van der Waals surface area contributed by atoms with Gasteiger partial charge in [0.15, 0.2) is 0 Å². The Balaban J connectivity index is 2.00. The van der Waals surface area contributed by atoms with Crippen LogP contribution in [0.4, 0.5) is 4.79 Å². The first-order valence-electron chi connectivity index (χ1n) is 9.73. The van der Waals surface area contributed by atoms with Gasteiger partial charge in [0.05, 0.1) is 0 Å². The van der Waals surface area contributed by atoms with Gasteiger partial charge in [0, 0.05) is 40.5 Å². The Kier molecular flexibility index (Phi) is 8.87. The van der Waals surface area contributed by atoms with Crippen molar-refractivity contribution in [1.29, 1.82) is 0 Å². The van der Waals surface area contributed by atoms with E-state index in [4.69, 9.17) is 9.47 Å². The maximum Gasteiger partial charge on any atom is 0.410 e. The molecule has 0 saturated heterocycles. The smallest absolute Gasteiger partial charge is 0.410 e. The summed E-state index contributed by atoms with van der Waals surface area (Å²) in [5.41, 5.74) is 1.69. The van der Waals surface area contributed by atoms with Crippen LogP contribution in [0.5, 0.6) is 0 Å². The van der Waals surface area contributed by atoms with Crippen molar-refractivity contribution in [3.8, 4) is 0 Å². The molecule has 2 rings (SSSR count). The molecule has 0 fully saturated rings. The number of carbonyl (C=O) groups excluding carboxylic acids is 3. The predicted octanol–water partition coefficient (Wildman–Crippen LogP) is 2.89. The van der Waals surface area contributed by atoms with Crippen LogP contribution in [0.15, 0.2) is 60.7 Å². The summed E-state index contributed by atoms with van der Waals surface area (Å²) in [6.45, 7) is 0.280. The number of amides is 2. The standard InChI is InChI=1S/C23H28N2O5/c1-24(2)21(26)14-15-25(3)23(28)30-20(16-18-10-6-4-7-11-18)22(27)29-17-19-12-8-5-9-13-19/h4-13,20H,14-17H2,1-3H3/t20-/m0/s1. The predicted molar refractivity (Wildman–Crippen MR) is 113 cm³/mol. The van der Waals surface area contributed by atoms with Gasteiger partial charge < -0.3 is 19.3 Å². The van der Waals surface area contributed by atoms with E-state index in [2.05, 4.69) is 0 Å². The summed E-state index contributed by atoms with van der Waals surface area (Å²) in [4.78, 5) is 39.6. The number of nitrogens with zero attached hydrogens (tertiary/aromatic N) is 2. The van der Waals surface area contributed by atoms with E-state index in [9.17, 15) is 14.4 Å². The fourth-order valence-electron chi connectivity index (χ4n) is 2.61. The summed E-state index contributed by atoms with van der Waals surface area (Å²) in [6, 6.07) is 18.6. The second kappa shape index (κ2) is 11.6. The lowest BCUT2D eigenvalue weighted by molar-refractivity contribution is -0.155. The van der Waals surface area contributed by atoms with Crippen LogP contribution in [0.25, 0.3) is 0 Å². The van der Waals surface area contributed by atoms with Crippen LogP contribution in [0, 0.1) is 0 Å². The highest BCUT2D eigenvalue weighted by Crippen LogP contribution is 2.11. The van der Waals surface area contributed by atoms with Gasteiger partial charge in [0.1, 0.15) is 6.61 Å². The lowest BCUT2D eigenvalue weighted by Crippen LogP contribution is -2.38. The number of carbonyl (C=O) groups is 3. The molecule has 0 aliphatic carbocycles. The largest absolute Gasteiger partial charge is 0.458 e. The highest BCUT2D eigenvalue weighted by Gasteiger charge is 2.27. The van der Waals surface area contributed by atoms with Gasteiger partial charge in [-0.05, 0) is 11.1 Å². The molecule has 7 nitrogen and oxygen atoms in total. The van der Waals surface area contributed by atoms with Crippen molar-refractivity contribution in [2.24, 2.45) is 0 Å². The molecule has 1 atom stereocenters. The van der Waals surface area contributed by atoms with Crippen molar-refractivity contribution in [3.63, 3.8) is 0 Å². The summed E-state index contributed by atoms with van der Waals surface area (Å²) in [5.74, 6) is -0.716. The van der Waals surface area contributed by atoms with Crippen LogP contribution in [0.3, 0.4) is 0 Å². The summed E-state index contributed by atoms with van der Waals surface area (Å²) in [6.07, 6.45) is -1.40. The number of benzene rings is 2. The van der Waals surface area contributed by atoms with Crippen molar-refractivity contribution in [3.05, 3.63) is 71.8 Å². The topological polar surface area (TPSA) is 76.2 Å². The number of hydrogen-bond donors (Lipinski definition) is 0. The minimum absolute atomic E-state index is 0.0929. The first-order chi connectivity index (χ1) is 14.4. The van der Waals surface area contributed by atoms with E-state index in [0.717, 1.165) is 11.1 Å². The molecule has 30 heavy (non-hydrogen) atoms. The number of ether oxygens (including phenoxy) is 2. The van der Waals surface area contributed by atoms with E-state index in [0.29, 0.717) is 0 Å². The Labute approximate surface area is 177 Å². The molecule has 7 heteroatoms. The molecule has 0 spiro atoms. The zero-order valence-corrected chi connectivity index (χ0v) is 17.6. The average molecular weight is 412 g/mol. The van der Waals surface area contributed by atoms with E-state index >= 15 is 0 Å². The Hall–Kier alpha value is -3.35. The lowest BCUT2D eigenvalue weighted by Gasteiger charge is -2.22. The van der Waals surface area contributed by atoms with Gasteiger partial charge in [-0.25, -0.2) is 9.59 Å². The first kappa shape index (κ1) is 22.9. The molecule has 0 N–H and O–H groups in total. The van der Waals surface area contributed by atoms with Crippen LogP contribution in [0.2, 0.25) is 0 Å². The SMILES string of the molecule is CN(C)C(=O)CCN(C)C(=O)O[C@@H](Cc1ccccc1)C(=O)OCc1ccccc1. The second-order valence-electron chi connectivity index (χ2n) is 7.12. The first-order valence-corrected chi connectivity index (χ1v) is 9.73. The molecule has 2 aromatic rings. The normalized spacial score (nSPS) is 11.3. The molecule has 2 amide bonds. The van der Waals surface area contributed by atoms with Crippen molar-refractivity contribution in [1.82, 2.24) is 9.80 Å². The fourth-order valence-corrected chi connectivity index (χ4v) is 2.61. The van der Waals surface area contributed by atoms with Gasteiger partial charge in [-0.1, -0.05) is 60.7 Å². The molecule has 0 aliphatic heterocycles. The molecule has 0 aromatic heterocycles. The Morgan fingerprint density at radius 2 is 1.43 bits per heavy atom. The third kappa shape index (κ3) is 7.58. The second-order valence-corrected chi connectivity index (χ2v) is 7.12. The van der Waals surface area contributed by atoms with Crippen LogP contribution >= 0.6 is 0 Å². The fraction of sp³-hybridized carbons (Fsp3) is 0.348. The Morgan fingerprint density at radius 3 is 2.00 bits per heavy atom. The maximum absolute atomic E-state index is 12.7. The molecule has 0 heterocycles. The molecule has 0 saturated carbocycles. The number of esters is 1. The molecule has 160 valence electrons. The van der Waals surface area contributed by atoms with Gasteiger partial charge in [-0.2, -0.15) is 0 Å². The van der Waals surface area contributed by atoms with Crippen molar-refractivity contribution in [2.75, 3.05) is 27.7 Å². The molecule has 0 radical (unpaired) electrons. The molecular formula is C23H28N2O5. The van der Waals surface area contributed by atoms with E-state index in [1.165, 1.54) is 16.8 Å². The van der Waals surface area contributed by atoms with Crippen LogP contribution in [-0.4, -0.2) is 61.6 Å². The minimum Gasteiger partial charge on any atom is -0.458 e.